The van der Waals surface area contributed by atoms with Crippen molar-refractivity contribution in [3.63, 3.8) is 0 Å². The molecule has 6 N–H and O–H groups in total. The summed E-state index contributed by atoms with van der Waals surface area (Å²) in [5, 5.41) is 50.9. The molecule has 0 aliphatic heterocycles. The molecule has 0 spiro atoms. The fraction of sp³-hybridized carbons (Fsp3) is 0.682. The lowest BCUT2D eigenvalue weighted by molar-refractivity contribution is -0.276. The third-order valence-corrected chi connectivity index (χ3v) is 4.89. The lowest BCUT2D eigenvalue weighted by Gasteiger charge is -2.26. The Morgan fingerprint density at radius 3 is 2.26 bits per heavy atom. The second-order valence-corrected chi connectivity index (χ2v) is 7.64. The lowest BCUT2D eigenvalue weighted by atomic mass is 10.0. The molecule has 1 rings (SSSR count). The number of aliphatic hydroxyl groups excluding tert-OH is 4. The minimum absolute atomic E-state index is 0.0417. The number of nitrogens with one attached hydrogen (secondary N) is 1. The van der Waals surface area contributed by atoms with Crippen LogP contribution in [0.5, 0.6) is 0 Å². The Bertz CT molecular complexity index is 598. The Labute approximate surface area is 183 Å². The fourth-order valence-corrected chi connectivity index (χ4v) is 2.76. The van der Waals surface area contributed by atoms with E-state index < -0.39 is 37.0 Å². The van der Waals surface area contributed by atoms with Gasteiger partial charge in [0.25, 0.3) is 0 Å². The van der Waals surface area contributed by atoms with Crippen molar-refractivity contribution in [3.05, 3.63) is 35.9 Å². The summed E-state index contributed by atoms with van der Waals surface area (Å²) in [6.45, 7) is 3.50. The van der Waals surface area contributed by atoms with Crippen molar-refractivity contribution >= 4 is 5.91 Å². The Kier molecular flexibility index (Phi) is 13.5. The molecule has 178 valence electrons. The van der Waals surface area contributed by atoms with E-state index in [0.717, 1.165) is 12.0 Å². The van der Waals surface area contributed by atoms with Crippen molar-refractivity contribution in [2.75, 3.05) is 13.2 Å². The average molecular weight is 444 g/mol. The summed E-state index contributed by atoms with van der Waals surface area (Å²) in [5.74, 6) is -0.106. The Balaban J connectivity index is 2.18. The molecule has 0 aliphatic rings. The van der Waals surface area contributed by atoms with Gasteiger partial charge in [-0.1, -0.05) is 30.3 Å². The first-order valence-electron chi connectivity index (χ1n) is 10.7. The van der Waals surface area contributed by atoms with Crippen molar-refractivity contribution in [2.24, 2.45) is 0 Å². The molecule has 0 fully saturated rings. The molecule has 0 bridgehead atoms. The van der Waals surface area contributed by atoms with Gasteiger partial charge in [-0.3, -0.25) is 4.79 Å². The van der Waals surface area contributed by atoms with Crippen LogP contribution in [0.1, 0.15) is 45.1 Å². The van der Waals surface area contributed by atoms with Gasteiger partial charge in [0.2, 0.25) is 18.5 Å². The molecule has 31 heavy (non-hydrogen) atoms. The summed E-state index contributed by atoms with van der Waals surface area (Å²) in [4.78, 5) is 11.9. The van der Waals surface area contributed by atoms with Gasteiger partial charge in [0.05, 0.1) is 31.0 Å². The maximum atomic E-state index is 11.9. The van der Waals surface area contributed by atoms with Crippen LogP contribution in [-0.2, 0) is 20.7 Å². The van der Waals surface area contributed by atoms with Gasteiger partial charge in [-0.2, -0.15) is 0 Å². The predicted octanol–water partition coefficient (Wildman–Crippen LogP) is 0.0668. The van der Waals surface area contributed by atoms with Crippen LogP contribution in [0.25, 0.3) is 0 Å². The molecule has 0 radical (unpaired) electrons. The van der Waals surface area contributed by atoms with E-state index in [0.29, 0.717) is 13.0 Å². The molecule has 1 aromatic carbocycles. The lowest BCUT2D eigenvalue weighted by Crippen LogP contribution is -2.38. The summed E-state index contributed by atoms with van der Waals surface area (Å²) in [6, 6.07) is 9.83. The van der Waals surface area contributed by atoms with Crippen LogP contribution in [-0.4, -0.2) is 81.6 Å². The molecule has 1 aromatic rings. The maximum absolute atomic E-state index is 11.9. The van der Waals surface area contributed by atoms with Gasteiger partial charge in [0.15, 0.2) is 0 Å². The highest BCUT2D eigenvalue weighted by Gasteiger charge is 2.24. The molecule has 0 saturated carbocycles. The third-order valence-electron chi connectivity index (χ3n) is 4.89. The van der Waals surface area contributed by atoms with E-state index in [9.17, 15) is 30.3 Å². The molecule has 9 nitrogen and oxygen atoms in total. The largest absolute Gasteiger partial charge is 0.391 e. The zero-order valence-electron chi connectivity index (χ0n) is 18.3. The molecule has 2 unspecified atom stereocenters. The third kappa shape index (κ3) is 12.1. The van der Waals surface area contributed by atoms with Crippen molar-refractivity contribution < 1.29 is 39.8 Å². The number of rotatable bonds is 16. The van der Waals surface area contributed by atoms with Crippen LogP contribution >= 0.6 is 0 Å². The molecule has 5 atom stereocenters. The van der Waals surface area contributed by atoms with Crippen LogP contribution in [0.2, 0.25) is 0 Å². The number of amides is 1. The van der Waals surface area contributed by atoms with Gasteiger partial charge in [-0.05, 0) is 45.1 Å². The highest BCUT2D eigenvalue weighted by atomic mass is 16.7. The summed E-state index contributed by atoms with van der Waals surface area (Å²) < 4.78 is 10.4. The zero-order valence-corrected chi connectivity index (χ0v) is 18.3. The Hall–Kier alpha value is -1.59. The molecule has 1 amide bonds. The van der Waals surface area contributed by atoms with Gasteiger partial charge < -0.3 is 40.3 Å². The highest BCUT2D eigenvalue weighted by Crippen LogP contribution is 2.12. The molecule has 0 aliphatic carbocycles. The minimum atomic E-state index is -1.91. The molecular weight excluding hydrogens is 406 g/mol. The second kappa shape index (κ2) is 15.3. The molecule has 0 aromatic heterocycles. The van der Waals surface area contributed by atoms with Crippen LogP contribution in [0, 0.1) is 0 Å². The molecular formula is C22H37NO8. The van der Waals surface area contributed by atoms with Gasteiger partial charge in [0, 0.05) is 13.0 Å². The minimum Gasteiger partial charge on any atom is -0.391 e. The first-order chi connectivity index (χ1) is 14.7. The van der Waals surface area contributed by atoms with Crippen molar-refractivity contribution in [3.8, 4) is 0 Å². The summed E-state index contributed by atoms with van der Waals surface area (Å²) in [6.07, 6.45) is -5.22. The second-order valence-electron chi connectivity index (χ2n) is 7.64. The SMILES string of the molecule is CC(OC(OCC[C@H](O)[C@H](O)CCCC(=O)NCCc1ccccc1)C(O)O)[C@@H](C)O. The standard InChI is InChI=1S/C22H37NO8/c1-15(24)16(2)31-22(21(28)29)30-14-12-19(26)18(25)9-6-10-20(27)23-13-11-17-7-4-3-5-8-17/h3-5,7-8,15-16,18-19,21-22,24-26,28-29H,6,9-14H2,1-2H3,(H,23,27)/t15-,16?,18-,19+,22?/m1/s1. The van der Waals surface area contributed by atoms with Crippen molar-refractivity contribution in [1.82, 2.24) is 5.32 Å². The number of carbonyl (C=O) groups excluding carboxylic acids is 1. The van der Waals surface area contributed by atoms with E-state index in [2.05, 4.69) is 5.32 Å². The number of carbonyl (C=O) groups is 1. The Morgan fingerprint density at radius 1 is 1.00 bits per heavy atom. The number of benzene rings is 1. The number of hydrogen-bond donors (Lipinski definition) is 6. The van der Waals surface area contributed by atoms with E-state index >= 15 is 0 Å². The fourth-order valence-electron chi connectivity index (χ4n) is 2.76. The quantitative estimate of drug-likeness (QED) is 0.197. The van der Waals surface area contributed by atoms with Crippen LogP contribution in [0.3, 0.4) is 0 Å². The topological polar surface area (TPSA) is 149 Å². The zero-order chi connectivity index (χ0) is 23.2. The van der Waals surface area contributed by atoms with Gasteiger partial charge in [-0.25, -0.2) is 0 Å². The maximum Gasteiger partial charge on any atom is 0.220 e. The number of ether oxygens (including phenoxy) is 2. The monoisotopic (exact) mass is 443 g/mol. The van der Waals surface area contributed by atoms with Crippen LogP contribution in [0.15, 0.2) is 30.3 Å². The van der Waals surface area contributed by atoms with E-state index in [1.165, 1.54) is 6.92 Å². The van der Waals surface area contributed by atoms with E-state index in [1.54, 1.807) is 6.92 Å². The summed E-state index contributed by atoms with van der Waals surface area (Å²) in [5.41, 5.74) is 1.14. The van der Waals surface area contributed by atoms with Crippen LogP contribution in [0.4, 0.5) is 0 Å². The normalized spacial score (nSPS) is 16.5. The average Bonchev–Trinajstić information content (AvgIpc) is 2.73. The van der Waals surface area contributed by atoms with Gasteiger partial charge in [-0.15, -0.1) is 0 Å². The van der Waals surface area contributed by atoms with E-state index in [-0.39, 0.29) is 31.8 Å². The van der Waals surface area contributed by atoms with Crippen molar-refractivity contribution in [1.29, 1.82) is 0 Å². The summed E-state index contributed by atoms with van der Waals surface area (Å²) >= 11 is 0. The van der Waals surface area contributed by atoms with Crippen molar-refractivity contribution in [2.45, 2.75) is 82.9 Å². The van der Waals surface area contributed by atoms with Crippen LogP contribution < -0.4 is 5.32 Å². The van der Waals surface area contributed by atoms with E-state index in [1.807, 2.05) is 30.3 Å². The molecule has 9 heteroatoms. The predicted molar refractivity (Wildman–Crippen MR) is 114 cm³/mol. The van der Waals surface area contributed by atoms with Gasteiger partial charge in [0.1, 0.15) is 0 Å². The van der Waals surface area contributed by atoms with E-state index in [4.69, 9.17) is 9.47 Å². The number of hydrogen-bond acceptors (Lipinski definition) is 8. The molecule has 0 heterocycles. The first kappa shape index (κ1) is 27.4. The Morgan fingerprint density at radius 2 is 1.65 bits per heavy atom. The summed E-state index contributed by atoms with van der Waals surface area (Å²) in [7, 11) is 0. The highest BCUT2D eigenvalue weighted by molar-refractivity contribution is 5.75. The molecule has 0 saturated heterocycles. The van der Waals surface area contributed by atoms with Gasteiger partial charge >= 0.3 is 0 Å². The first-order valence-corrected chi connectivity index (χ1v) is 10.7. The smallest absolute Gasteiger partial charge is 0.220 e. The number of aliphatic hydroxyl groups is 5.